The average molecular weight is 240 g/mol. The van der Waals surface area contributed by atoms with Crippen LogP contribution in [0.25, 0.3) is 0 Å². The van der Waals surface area contributed by atoms with E-state index in [1.165, 1.54) is 12.1 Å². The fourth-order valence-corrected chi connectivity index (χ4v) is 2.23. The lowest BCUT2D eigenvalue weighted by molar-refractivity contribution is 0.527. The first kappa shape index (κ1) is 12.3. The Morgan fingerprint density at radius 1 is 1.29 bits per heavy atom. The minimum Gasteiger partial charge on any atom is -0.370 e. The number of anilines is 1. The predicted molar refractivity (Wildman–Crippen MR) is 65.3 cm³/mol. The summed E-state index contributed by atoms with van der Waals surface area (Å²) in [5, 5.41) is 3.43. The standard InChI is InChI=1S/C13H18F2N2/c1-2-12-9-17(5-3-4-16-12)13-7-10(14)6-11(15)8-13/h6-8,12,16H,2-5,9H2,1H3. The van der Waals surface area contributed by atoms with Crippen LogP contribution in [0.15, 0.2) is 18.2 Å². The molecule has 0 aliphatic carbocycles. The van der Waals surface area contributed by atoms with Gasteiger partial charge in [-0.25, -0.2) is 8.78 Å². The van der Waals surface area contributed by atoms with Crippen LogP contribution in [0.3, 0.4) is 0 Å². The van der Waals surface area contributed by atoms with Gasteiger partial charge in [0.2, 0.25) is 0 Å². The Kier molecular flexibility index (Phi) is 3.94. The summed E-state index contributed by atoms with van der Waals surface area (Å²) in [5.41, 5.74) is 0.643. The molecule has 0 aromatic heterocycles. The molecule has 4 heteroatoms. The first-order valence-electron chi connectivity index (χ1n) is 6.13. The molecule has 1 heterocycles. The number of hydrogen-bond acceptors (Lipinski definition) is 2. The van der Waals surface area contributed by atoms with Crippen LogP contribution in [0.4, 0.5) is 14.5 Å². The second kappa shape index (κ2) is 5.45. The number of nitrogens with zero attached hydrogens (tertiary/aromatic N) is 1. The van der Waals surface area contributed by atoms with E-state index < -0.39 is 11.6 Å². The van der Waals surface area contributed by atoms with Crippen LogP contribution < -0.4 is 10.2 Å². The summed E-state index contributed by atoms with van der Waals surface area (Å²) < 4.78 is 26.4. The third-order valence-electron chi connectivity index (χ3n) is 3.18. The lowest BCUT2D eigenvalue weighted by atomic mass is 10.2. The van der Waals surface area contributed by atoms with Crippen LogP contribution in [-0.2, 0) is 0 Å². The highest BCUT2D eigenvalue weighted by atomic mass is 19.1. The molecule has 1 aromatic carbocycles. The van der Waals surface area contributed by atoms with E-state index in [1.54, 1.807) is 0 Å². The summed E-state index contributed by atoms with van der Waals surface area (Å²) in [4.78, 5) is 2.06. The number of nitrogens with one attached hydrogen (secondary N) is 1. The molecule has 0 spiro atoms. The van der Waals surface area contributed by atoms with Gasteiger partial charge in [0.25, 0.3) is 0 Å². The molecule has 94 valence electrons. The van der Waals surface area contributed by atoms with E-state index in [2.05, 4.69) is 17.1 Å². The molecule has 1 atom stereocenters. The topological polar surface area (TPSA) is 15.3 Å². The minimum absolute atomic E-state index is 0.392. The van der Waals surface area contributed by atoms with Crippen LogP contribution in [0, 0.1) is 11.6 Å². The van der Waals surface area contributed by atoms with E-state index >= 15 is 0 Å². The molecule has 1 saturated heterocycles. The maximum absolute atomic E-state index is 13.2. The highest BCUT2D eigenvalue weighted by molar-refractivity contribution is 5.47. The van der Waals surface area contributed by atoms with Crippen LogP contribution in [0.5, 0.6) is 0 Å². The second-order valence-electron chi connectivity index (χ2n) is 4.49. The van der Waals surface area contributed by atoms with Crippen LogP contribution in [0.2, 0.25) is 0 Å². The van der Waals surface area contributed by atoms with E-state index in [1.807, 2.05) is 0 Å². The number of halogens is 2. The Balaban J connectivity index is 2.18. The Labute approximate surface area is 101 Å². The van der Waals surface area contributed by atoms with E-state index in [0.717, 1.165) is 38.5 Å². The van der Waals surface area contributed by atoms with Crippen molar-refractivity contribution in [3.63, 3.8) is 0 Å². The molecule has 1 unspecified atom stereocenters. The Hall–Kier alpha value is -1.16. The summed E-state index contributed by atoms with van der Waals surface area (Å²) in [6.45, 7) is 4.73. The van der Waals surface area contributed by atoms with E-state index in [0.29, 0.717) is 11.7 Å². The van der Waals surface area contributed by atoms with Gasteiger partial charge in [0.15, 0.2) is 0 Å². The summed E-state index contributed by atoms with van der Waals surface area (Å²) in [7, 11) is 0. The lowest BCUT2D eigenvalue weighted by Gasteiger charge is -2.26. The molecular formula is C13H18F2N2. The minimum atomic E-state index is -0.509. The lowest BCUT2D eigenvalue weighted by Crippen LogP contribution is -2.37. The van der Waals surface area contributed by atoms with Gasteiger partial charge in [-0.15, -0.1) is 0 Å². The third-order valence-corrected chi connectivity index (χ3v) is 3.18. The third kappa shape index (κ3) is 3.16. The van der Waals surface area contributed by atoms with Crippen molar-refractivity contribution in [3.8, 4) is 0 Å². The van der Waals surface area contributed by atoms with Crippen molar-refractivity contribution < 1.29 is 8.78 Å². The Bertz CT molecular complexity index is 361. The summed E-state index contributed by atoms with van der Waals surface area (Å²) >= 11 is 0. The number of benzene rings is 1. The van der Waals surface area contributed by atoms with E-state index in [9.17, 15) is 8.78 Å². The molecule has 1 aromatic rings. The van der Waals surface area contributed by atoms with E-state index in [4.69, 9.17) is 0 Å². The summed E-state index contributed by atoms with van der Waals surface area (Å²) in [6.07, 6.45) is 2.02. The van der Waals surface area contributed by atoms with Gasteiger partial charge in [0.05, 0.1) is 0 Å². The van der Waals surface area contributed by atoms with Crippen molar-refractivity contribution >= 4 is 5.69 Å². The molecule has 1 aliphatic heterocycles. The van der Waals surface area contributed by atoms with Crippen molar-refractivity contribution in [2.45, 2.75) is 25.8 Å². The molecule has 17 heavy (non-hydrogen) atoms. The molecule has 0 bridgehead atoms. The molecule has 0 saturated carbocycles. The van der Waals surface area contributed by atoms with E-state index in [-0.39, 0.29) is 0 Å². The van der Waals surface area contributed by atoms with Crippen molar-refractivity contribution in [1.82, 2.24) is 5.32 Å². The van der Waals surface area contributed by atoms with Crippen molar-refractivity contribution in [3.05, 3.63) is 29.8 Å². The largest absolute Gasteiger partial charge is 0.370 e. The van der Waals surface area contributed by atoms with Gasteiger partial charge in [-0.05, 0) is 31.5 Å². The van der Waals surface area contributed by atoms with Crippen LogP contribution in [-0.4, -0.2) is 25.7 Å². The number of rotatable bonds is 2. The zero-order valence-electron chi connectivity index (χ0n) is 10.0. The zero-order chi connectivity index (χ0) is 12.3. The molecule has 1 fully saturated rings. The fourth-order valence-electron chi connectivity index (χ4n) is 2.23. The van der Waals surface area contributed by atoms with Crippen molar-refractivity contribution in [1.29, 1.82) is 0 Å². The second-order valence-corrected chi connectivity index (χ2v) is 4.49. The molecule has 0 radical (unpaired) electrons. The molecular weight excluding hydrogens is 222 g/mol. The van der Waals surface area contributed by atoms with Gasteiger partial charge in [0.1, 0.15) is 11.6 Å². The normalized spacial score (nSPS) is 21.4. The van der Waals surface area contributed by atoms with Crippen molar-refractivity contribution in [2.75, 3.05) is 24.5 Å². The maximum Gasteiger partial charge on any atom is 0.128 e. The van der Waals surface area contributed by atoms with Gasteiger partial charge in [-0.1, -0.05) is 6.92 Å². The SMILES string of the molecule is CCC1CN(c2cc(F)cc(F)c2)CCCN1. The van der Waals surface area contributed by atoms with Crippen LogP contribution >= 0.6 is 0 Å². The highest BCUT2D eigenvalue weighted by Crippen LogP contribution is 2.20. The summed E-state index contributed by atoms with van der Waals surface area (Å²) in [6, 6.07) is 4.11. The summed E-state index contributed by atoms with van der Waals surface area (Å²) in [5.74, 6) is -1.02. The predicted octanol–water partition coefficient (Wildman–Crippen LogP) is 2.54. The van der Waals surface area contributed by atoms with Gasteiger partial charge < -0.3 is 10.2 Å². The first-order chi connectivity index (χ1) is 8.19. The van der Waals surface area contributed by atoms with Crippen LogP contribution in [0.1, 0.15) is 19.8 Å². The molecule has 0 amide bonds. The molecule has 1 N–H and O–H groups in total. The first-order valence-corrected chi connectivity index (χ1v) is 6.13. The van der Waals surface area contributed by atoms with Gasteiger partial charge in [-0.3, -0.25) is 0 Å². The highest BCUT2D eigenvalue weighted by Gasteiger charge is 2.17. The number of hydrogen-bond donors (Lipinski definition) is 1. The van der Waals surface area contributed by atoms with Gasteiger partial charge >= 0.3 is 0 Å². The molecule has 2 nitrogen and oxygen atoms in total. The smallest absolute Gasteiger partial charge is 0.128 e. The zero-order valence-corrected chi connectivity index (χ0v) is 10.0. The van der Waals surface area contributed by atoms with Gasteiger partial charge in [0, 0.05) is 30.9 Å². The monoisotopic (exact) mass is 240 g/mol. The Morgan fingerprint density at radius 3 is 2.65 bits per heavy atom. The quantitative estimate of drug-likeness (QED) is 0.854. The maximum atomic E-state index is 13.2. The molecule has 2 rings (SSSR count). The molecule has 1 aliphatic rings. The van der Waals surface area contributed by atoms with Gasteiger partial charge in [-0.2, -0.15) is 0 Å². The Morgan fingerprint density at radius 2 is 2.00 bits per heavy atom. The average Bonchev–Trinajstić information content (AvgIpc) is 2.52. The van der Waals surface area contributed by atoms with Crippen molar-refractivity contribution in [2.24, 2.45) is 0 Å². The fraction of sp³-hybridized carbons (Fsp3) is 0.538.